The lowest BCUT2D eigenvalue weighted by Gasteiger charge is -2.18. The molecule has 0 saturated carbocycles. The lowest BCUT2D eigenvalue weighted by Crippen LogP contribution is -2.24. The number of nitrogens with zero attached hydrogens (tertiary/aromatic N) is 2. The molecule has 3 aromatic carbocycles. The van der Waals surface area contributed by atoms with Crippen molar-refractivity contribution in [2.45, 2.75) is 13.3 Å². The van der Waals surface area contributed by atoms with Crippen LogP contribution in [0.5, 0.6) is 0 Å². The highest BCUT2D eigenvalue weighted by molar-refractivity contribution is 7.13. The van der Waals surface area contributed by atoms with Gasteiger partial charge in [-0.1, -0.05) is 48.5 Å². The molecule has 6 heteroatoms. The van der Waals surface area contributed by atoms with Crippen LogP contribution in [0.25, 0.3) is 32.8 Å². The van der Waals surface area contributed by atoms with Crippen molar-refractivity contribution in [3.05, 3.63) is 77.8 Å². The van der Waals surface area contributed by atoms with E-state index in [0.29, 0.717) is 18.1 Å². The van der Waals surface area contributed by atoms with E-state index in [2.05, 4.69) is 70.6 Å². The molecule has 0 spiro atoms. The number of hydrogen-bond donors (Lipinski definition) is 2. The Morgan fingerprint density at radius 3 is 2.71 bits per heavy atom. The summed E-state index contributed by atoms with van der Waals surface area (Å²) in [5.41, 5.74) is 10.3. The monoisotopic (exact) mass is 426 g/mol. The van der Waals surface area contributed by atoms with E-state index in [1.54, 1.807) is 18.0 Å². The van der Waals surface area contributed by atoms with E-state index < -0.39 is 0 Å². The normalized spacial score (nSPS) is 11.3. The Morgan fingerprint density at radius 1 is 1.10 bits per heavy atom. The summed E-state index contributed by atoms with van der Waals surface area (Å²) in [6, 6.07) is 21.2. The van der Waals surface area contributed by atoms with Crippen molar-refractivity contribution in [2.75, 3.05) is 11.4 Å². The van der Waals surface area contributed by atoms with Crippen LogP contribution in [0.2, 0.25) is 0 Å². The minimum absolute atomic E-state index is 0.0888. The fraction of sp³-hybridized carbons (Fsp3) is 0.120. The van der Waals surface area contributed by atoms with Gasteiger partial charge in [0.05, 0.1) is 0 Å². The first-order valence-corrected chi connectivity index (χ1v) is 11.1. The number of carbonyl (C=O) groups is 1. The van der Waals surface area contributed by atoms with Crippen molar-refractivity contribution in [3.63, 3.8) is 0 Å². The van der Waals surface area contributed by atoms with E-state index in [1.807, 2.05) is 5.38 Å². The minimum atomic E-state index is -0.0888. The predicted molar refractivity (Wildman–Crippen MR) is 129 cm³/mol. The van der Waals surface area contributed by atoms with E-state index in [-0.39, 0.29) is 5.91 Å². The van der Waals surface area contributed by atoms with Gasteiger partial charge in [0.1, 0.15) is 5.82 Å². The maximum Gasteiger partial charge on any atom is 0.231 e. The molecule has 0 bridgehead atoms. The summed E-state index contributed by atoms with van der Waals surface area (Å²) in [7, 11) is 0. The van der Waals surface area contributed by atoms with Crippen LogP contribution in [0.15, 0.2) is 72.2 Å². The molecule has 1 amide bonds. The van der Waals surface area contributed by atoms with Crippen molar-refractivity contribution in [2.24, 2.45) is 5.73 Å². The van der Waals surface area contributed by atoms with Gasteiger partial charge in [0.2, 0.25) is 5.91 Å². The number of benzene rings is 3. The smallest absolute Gasteiger partial charge is 0.231 e. The Labute approximate surface area is 184 Å². The third-order valence-electron chi connectivity index (χ3n) is 5.53. The van der Waals surface area contributed by atoms with Gasteiger partial charge in [-0.25, -0.2) is 9.88 Å². The first-order chi connectivity index (χ1) is 15.2. The SMILES string of the molecule is CC(=O)N(c1nccs1)c1[nH]c2ccc(-c3cccc4ccccc34)cc2c1CCN. The maximum atomic E-state index is 12.6. The molecule has 3 N–H and O–H groups in total. The molecule has 0 radical (unpaired) electrons. The number of nitrogens with one attached hydrogen (secondary N) is 1. The summed E-state index contributed by atoms with van der Waals surface area (Å²) in [6.07, 6.45) is 2.36. The van der Waals surface area contributed by atoms with E-state index in [4.69, 9.17) is 5.73 Å². The number of fused-ring (bicyclic) bond motifs is 2. The molecule has 2 heterocycles. The molecule has 154 valence electrons. The summed E-state index contributed by atoms with van der Waals surface area (Å²) in [5, 5.41) is 6.02. The van der Waals surface area contributed by atoms with Crippen LogP contribution >= 0.6 is 11.3 Å². The Bertz CT molecular complexity index is 1380. The molecule has 2 aromatic heterocycles. The van der Waals surface area contributed by atoms with Gasteiger partial charge in [0.15, 0.2) is 5.13 Å². The number of carbonyl (C=O) groups excluding carboxylic acids is 1. The molecule has 0 fully saturated rings. The number of nitrogens with two attached hydrogens (primary N) is 1. The Kier molecular flexibility index (Phi) is 5.02. The number of anilines is 2. The molecule has 5 aromatic rings. The highest BCUT2D eigenvalue weighted by Gasteiger charge is 2.23. The molecule has 0 atom stereocenters. The zero-order chi connectivity index (χ0) is 21.4. The van der Waals surface area contributed by atoms with Crippen LogP contribution < -0.4 is 10.6 Å². The Balaban J connectivity index is 1.72. The van der Waals surface area contributed by atoms with Gasteiger partial charge in [0.25, 0.3) is 0 Å². The first kappa shape index (κ1) is 19.5. The van der Waals surface area contributed by atoms with Crippen LogP contribution in [0.1, 0.15) is 12.5 Å². The number of amides is 1. The number of H-pyrrole nitrogens is 1. The number of thiazole rings is 1. The Hall–Kier alpha value is -3.48. The predicted octanol–water partition coefficient (Wildman–Crippen LogP) is 5.63. The highest BCUT2D eigenvalue weighted by atomic mass is 32.1. The molecule has 5 rings (SSSR count). The summed E-state index contributed by atoms with van der Waals surface area (Å²) in [6.45, 7) is 2.04. The first-order valence-electron chi connectivity index (χ1n) is 10.2. The number of hydrogen-bond acceptors (Lipinski definition) is 4. The second-order valence-corrected chi connectivity index (χ2v) is 8.32. The largest absolute Gasteiger partial charge is 0.340 e. The molecule has 0 aliphatic heterocycles. The fourth-order valence-corrected chi connectivity index (χ4v) is 4.87. The van der Waals surface area contributed by atoms with E-state index in [9.17, 15) is 4.79 Å². The molecule has 31 heavy (non-hydrogen) atoms. The van der Waals surface area contributed by atoms with Gasteiger partial charge in [-0.2, -0.15) is 0 Å². The van der Waals surface area contributed by atoms with Gasteiger partial charge in [-0.15, -0.1) is 11.3 Å². The molecule has 0 unspecified atom stereocenters. The molecular weight excluding hydrogens is 404 g/mol. The summed E-state index contributed by atoms with van der Waals surface area (Å²) in [5.74, 6) is 0.659. The fourth-order valence-electron chi connectivity index (χ4n) is 4.18. The van der Waals surface area contributed by atoms with E-state index >= 15 is 0 Å². The number of rotatable bonds is 5. The minimum Gasteiger partial charge on any atom is -0.340 e. The number of aromatic nitrogens is 2. The molecule has 0 aliphatic rings. The quantitative estimate of drug-likeness (QED) is 0.382. The van der Waals surface area contributed by atoms with Gasteiger partial charge in [-0.05, 0) is 47.0 Å². The average molecular weight is 427 g/mol. The van der Waals surface area contributed by atoms with Crippen LogP contribution in [0, 0.1) is 0 Å². The zero-order valence-corrected chi connectivity index (χ0v) is 17.9. The van der Waals surface area contributed by atoms with Gasteiger partial charge >= 0.3 is 0 Å². The molecule has 0 aliphatic carbocycles. The topological polar surface area (TPSA) is 75.0 Å². The molecule has 5 nitrogen and oxygen atoms in total. The maximum absolute atomic E-state index is 12.6. The third-order valence-corrected chi connectivity index (χ3v) is 6.28. The van der Waals surface area contributed by atoms with Crippen molar-refractivity contribution >= 4 is 49.9 Å². The van der Waals surface area contributed by atoms with Crippen LogP contribution in [-0.4, -0.2) is 22.4 Å². The molecule has 0 saturated heterocycles. The lowest BCUT2D eigenvalue weighted by atomic mass is 9.96. The van der Waals surface area contributed by atoms with Gasteiger partial charge < -0.3 is 10.7 Å². The van der Waals surface area contributed by atoms with Crippen molar-refractivity contribution < 1.29 is 4.79 Å². The summed E-state index contributed by atoms with van der Waals surface area (Å²) >= 11 is 1.44. The van der Waals surface area contributed by atoms with Crippen LogP contribution in [0.4, 0.5) is 10.9 Å². The highest BCUT2D eigenvalue weighted by Crippen LogP contribution is 2.37. The Morgan fingerprint density at radius 2 is 1.94 bits per heavy atom. The van der Waals surface area contributed by atoms with Crippen LogP contribution in [-0.2, 0) is 11.2 Å². The van der Waals surface area contributed by atoms with Gasteiger partial charge in [0, 0.05) is 35.0 Å². The number of aromatic amines is 1. The van der Waals surface area contributed by atoms with Gasteiger partial charge in [-0.3, -0.25) is 4.79 Å². The second-order valence-electron chi connectivity index (χ2n) is 7.45. The summed E-state index contributed by atoms with van der Waals surface area (Å²) < 4.78 is 0. The average Bonchev–Trinajstić information content (AvgIpc) is 3.42. The lowest BCUT2D eigenvalue weighted by molar-refractivity contribution is -0.115. The second kappa shape index (κ2) is 7.98. The van der Waals surface area contributed by atoms with Crippen LogP contribution in [0.3, 0.4) is 0 Å². The van der Waals surface area contributed by atoms with E-state index in [0.717, 1.165) is 27.8 Å². The van der Waals surface area contributed by atoms with Crippen molar-refractivity contribution in [3.8, 4) is 11.1 Å². The van der Waals surface area contributed by atoms with Crippen molar-refractivity contribution in [1.29, 1.82) is 0 Å². The van der Waals surface area contributed by atoms with E-state index in [1.165, 1.54) is 27.7 Å². The zero-order valence-electron chi connectivity index (χ0n) is 17.1. The van der Waals surface area contributed by atoms with Crippen molar-refractivity contribution in [1.82, 2.24) is 9.97 Å². The standard InChI is InChI=1S/C25H22N4OS/c1-16(30)29(25-27-13-14-31-25)24-21(11-12-26)22-15-18(9-10-23(22)28-24)20-8-4-6-17-5-2-3-7-19(17)20/h2-10,13-15,28H,11-12,26H2,1H3. The summed E-state index contributed by atoms with van der Waals surface area (Å²) in [4.78, 5) is 22.0. The third kappa shape index (κ3) is 3.40. The molecular formula is C25H22N4OS.